The van der Waals surface area contributed by atoms with E-state index in [1.165, 1.54) is 7.11 Å². The van der Waals surface area contributed by atoms with Crippen LogP contribution in [0.4, 0.5) is 13.2 Å². The van der Waals surface area contributed by atoms with E-state index in [0.717, 1.165) is 0 Å². The minimum atomic E-state index is -4.48. The molecule has 0 aromatic carbocycles. The molecule has 0 bridgehead atoms. The molecule has 0 saturated carbocycles. The van der Waals surface area contributed by atoms with Crippen LogP contribution in [0.15, 0.2) is 0 Å². The van der Waals surface area contributed by atoms with E-state index in [4.69, 9.17) is 9.84 Å². The van der Waals surface area contributed by atoms with Gasteiger partial charge < -0.3 is 9.84 Å². The van der Waals surface area contributed by atoms with Gasteiger partial charge in [-0.25, -0.2) is 9.48 Å². The van der Waals surface area contributed by atoms with Gasteiger partial charge in [-0.1, -0.05) is 5.21 Å². The van der Waals surface area contributed by atoms with Gasteiger partial charge in [0.05, 0.1) is 12.3 Å². The van der Waals surface area contributed by atoms with Crippen molar-refractivity contribution in [2.45, 2.75) is 19.1 Å². The molecule has 96 valence electrons. The van der Waals surface area contributed by atoms with Crippen molar-refractivity contribution < 1.29 is 27.8 Å². The SMILES string of the molecule is COCCc1c(C(=O)O)nnn1CC(F)(F)F. The first-order valence-electron chi connectivity index (χ1n) is 4.56. The molecule has 0 amide bonds. The molecule has 6 nitrogen and oxygen atoms in total. The Bertz CT molecular complexity index is 402. The lowest BCUT2D eigenvalue weighted by Crippen LogP contribution is -2.21. The number of alkyl halides is 3. The van der Waals surface area contributed by atoms with E-state index >= 15 is 0 Å². The van der Waals surface area contributed by atoms with Crippen molar-refractivity contribution in [3.63, 3.8) is 0 Å². The van der Waals surface area contributed by atoms with Gasteiger partial charge in [0, 0.05) is 13.5 Å². The highest BCUT2D eigenvalue weighted by atomic mass is 19.4. The number of hydrogen-bond donors (Lipinski definition) is 1. The number of ether oxygens (including phenoxy) is 1. The van der Waals surface area contributed by atoms with Crippen molar-refractivity contribution in [2.75, 3.05) is 13.7 Å². The quantitative estimate of drug-likeness (QED) is 0.836. The van der Waals surface area contributed by atoms with E-state index in [-0.39, 0.29) is 18.7 Å². The molecule has 0 aliphatic heterocycles. The normalized spacial score (nSPS) is 11.8. The fraction of sp³-hybridized carbons (Fsp3) is 0.625. The molecule has 0 aliphatic rings. The zero-order chi connectivity index (χ0) is 13.1. The van der Waals surface area contributed by atoms with Crippen molar-refractivity contribution in [3.05, 3.63) is 11.4 Å². The molecule has 0 radical (unpaired) electrons. The number of carboxylic acids is 1. The number of hydrogen-bond acceptors (Lipinski definition) is 4. The Kier molecular flexibility index (Phi) is 4.05. The second-order valence-corrected chi connectivity index (χ2v) is 3.21. The number of halogens is 3. The maximum atomic E-state index is 12.2. The summed E-state index contributed by atoms with van der Waals surface area (Å²) in [5.41, 5.74) is -0.581. The van der Waals surface area contributed by atoms with Crippen molar-refractivity contribution in [2.24, 2.45) is 0 Å². The first-order chi connectivity index (χ1) is 7.85. The smallest absolute Gasteiger partial charge is 0.408 e. The molecule has 0 unspecified atom stereocenters. The number of aromatic nitrogens is 3. The Hall–Kier alpha value is -1.64. The van der Waals surface area contributed by atoms with Crippen LogP contribution in [0.25, 0.3) is 0 Å². The zero-order valence-corrected chi connectivity index (χ0v) is 8.86. The second kappa shape index (κ2) is 5.13. The summed E-state index contributed by atoms with van der Waals surface area (Å²) in [7, 11) is 1.36. The van der Waals surface area contributed by atoms with E-state index in [2.05, 4.69) is 10.3 Å². The van der Waals surface area contributed by atoms with Gasteiger partial charge in [0.25, 0.3) is 0 Å². The van der Waals surface area contributed by atoms with Crippen molar-refractivity contribution >= 4 is 5.97 Å². The fourth-order valence-electron chi connectivity index (χ4n) is 1.24. The van der Waals surface area contributed by atoms with Crippen LogP contribution in [-0.2, 0) is 17.7 Å². The van der Waals surface area contributed by atoms with E-state index in [1.807, 2.05) is 0 Å². The van der Waals surface area contributed by atoms with E-state index in [9.17, 15) is 18.0 Å². The van der Waals surface area contributed by atoms with E-state index in [1.54, 1.807) is 0 Å². The summed E-state index contributed by atoms with van der Waals surface area (Å²) in [6.07, 6.45) is -4.48. The van der Waals surface area contributed by atoms with Gasteiger partial charge in [-0.3, -0.25) is 0 Å². The van der Waals surface area contributed by atoms with Gasteiger partial charge >= 0.3 is 12.1 Å². The number of carboxylic acid groups (broad SMARTS) is 1. The summed E-state index contributed by atoms with van der Waals surface area (Å²) >= 11 is 0. The van der Waals surface area contributed by atoms with Gasteiger partial charge in [-0.05, 0) is 0 Å². The molecule has 1 heterocycles. The third-order valence-corrected chi connectivity index (χ3v) is 1.91. The lowest BCUT2D eigenvalue weighted by Gasteiger charge is -2.09. The summed E-state index contributed by atoms with van der Waals surface area (Å²) in [6.45, 7) is -1.28. The predicted molar refractivity (Wildman–Crippen MR) is 48.6 cm³/mol. The van der Waals surface area contributed by atoms with Gasteiger partial charge in [-0.2, -0.15) is 13.2 Å². The van der Waals surface area contributed by atoms with Crippen LogP contribution in [0.3, 0.4) is 0 Å². The van der Waals surface area contributed by atoms with Crippen molar-refractivity contribution in [1.29, 1.82) is 0 Å². The minimum absolute atomic E-state index is 0.00120. The van der Waals surface area contributed by atoms with E-state index in [0.29, 0.717) is 4.68 Å². The van der Waals surface area contributed by atoms with Crippen LogP contribution in [0.5, 0.6) is 0 Å². The highest BCUT2D eigenvalue weighted by Crippen LogP contribution is 2.19. The molecule has 0 fully saturated rings. The van der Waals surface area contributed by atoms with Crippen LogP contribution in [0.2, 0.25) is 0 Å². The standard InChI is InChI=1S/C8H10F3N3O3/c1-17-3-2-5-6(7(15)16)12-13-14(5)4-8(9,10)11/h2-4H2,1H3,(H,15,16). The molecule has 0 saturated heterocycles. The summed E-state index contributed by atoms with van der Waals surface area (Å²) in [5.74, 6) is -1.41. The van der Waals surface area contributed by atoms with Crippen molar-refractivity contribution in [3.8, 4) is 0 Å². The monoisotopic (exact) mass is 253 g/mol. The van der Waals surface area contributed by atoms with Gasteiger partial charge in [-0.15, -0.1) is 5.10 Å². The predicted octanol–water partition coefficient (Wildman–Crippen LogP) is 0.727. The molecule has 17 heavy (non-hydrogen) atoms. The third kappa shape index (κ3) is 3.70. The van der Waals surface area contributed by atoms with Crippen LogP contribution >= 0.6 is 0 Å². The summed E-state index contributed by atoms with van der Waals surface area (Å²) in [5, 5.41) is 15.1. The largest absolute Gasteiger partial charge is 0.476 e. The fourth-order valence-corrected chi connectivity index (χ4v) is 1.24. The van der Waals surface area contributed by atoms with Crippen LogP contribution < -0.4 is 0 Å². The molecular formula is C8H10F3N3O3. The van der Waals surface area contributed by atoms with Crippen LogP contribution in [-0.4, -0.2) is 46.0 Å². The van der Waals surface area contributed by atoms with Crippen LogP contribution in [0.1, 0.15) is 16.2 Å². The first kappa shape index (κ1) is 13.4. The Balaban J connectivity index is 3.00. The Labute approximate surface area is 94.0 Å². The number of carbonyl (C=O) groups is 1. The summed E-state index contributed by atoms with van der Waals surface area (Å²) in [6, 6.07) is 0. The van der Waals surface area contributed by atoms with Gasteiger partial charge in [0.15, 0.2) is 5.69 Å². The number of methoxy groups -OCH3 is 1. The lowest BCUT2D eigenvalue weighted by atomic mass is 10.2. The van der Waals surface area contributed by atoms with Gasteiger partial charge in [0.2, 0.25) is 0 Å². The molecule has 1 aromatic heterocycles. The molecule has 1 N–H and O–H groups in total. The molecule has 9 heteroatoms. The minimum Gasteiger partial charge on any atom is -0.476 e. The average Bonchev–Trinajstić information content (AvgIpc) is 2.55. The van der Waals surface area contributed by atoms with Crippen LogP contribution in [0, 0.1) is 0 Å². The lowest BCUT2D eigenvalue weighted by molar-refractivity contribution is -0.143. The average molecular weight is 253 g/mol. The van der Waals surface area contributed by atoms with Gasteiger partial charge in [0.1, 0.15) is 6.54 Å². The molecule has 0 aliphatic carbocycles. The maximum Gasteiger partial charge on any atom is 0.408 e. The maximum absolute atomic E-state index is 12.2. The summed E-state index contributed by atoms with van der Waals surface area (Å²) in [4.78, 5) is 10.7. The Morgan fingerprint density at radius 3 is 2.65 bits per heavy atom. The number of nitrogens with zero attached hydrogens (tertiary/aromatic N) is 3. The number of rotatable bonds is 5. The highest BCUT2D eigenvalue weighted by molar-refractivity contribution is 5.86. The Morgan fingerprint density at radius 1 is 1.53 bits per heavy atom. The number of aromatic carboxylic acids is 1. The summed E-state index contributed by atoms with van der Waals surface area (Å²) < 4.78 is 41.8. The molecular weight excluding hydrogens is 243 g/mol. The Morgan fingerprint density at radius 2 is 2.18 bits per heavy atom. The second-order valence-electron chi connectivity index (χ2n) is 3.21. The first-order valence-corrected chi connectivity index (χ1v) is 4.56. The van der Waals surface area contributed by atoms with Crippen molar-refractivity contribution in [1.82, 2.24) is 15.0 Å². The molecule has 0 spiro atoms. The molecule has 1 rings (SSSR count). The highest BCUT2D eigenvalue weighted by Gasteiger charge is 2.31. The van der Waals surface area contributed by atoms with E-state index < -0.39 is 24.4 Å². The third-order valence-electron chi connectivity index (χ3n) is 1.91. The zero-order valence-electron chi connectivity index (χ0n) is 8.86. The topological polar surface area (TPSA) is 77.2 Å². The molecule has 1 aromatic rings. The molecule has 0 atom stereocenters.